The molecule has 4 nitrogen and oxygen atoms in total. The van der Waals surface area contributed by atoms with E-state index < -0.39 is 0 Å². The summed E-state index contributed by atoms with van der Waals surface area (Å²) >= 11 is 0. The van der Waals surface area contributed by atoms with E-state index in [1.807, 2.05) is 48.5 Å². The number of likely N-dealkylation sites (tertiary alicyclic amines) is 1. The predicted octanol–water partition coefficient (Wildman–Crippen LogP) is 5.46. The van der Waals surface area contributed by atoms with Gasteiger partial charge >= 0.3 is 0 Å². The lowest BCUT2D eigenvalue weighted by Gasteiger charge is -2.33. The highest BCUT2D eigenvalue weighted by atomic mass is 16.5. The number of carbonyl (C=O) groups excluding carboxylic acids is 1. The van der Waals surface area contributed by atoms with Crippen molar-refractivity contribution in [1.29, 1.82) is 0 Å². The van der Waals surface area contributed by atoms with Crippen LogP contribution >= 0.6 is 0 Å². The summed E-state index contributed by atoms with van der Waals surface area (Å²) in [6.45, 7) is 6.03. The molecule has 1 unspecified atom stereocenters. The first-order chi connectivity index (χ1) is 15.7. The van der Waals surface area contributed by atoms with Crippen molar-refractivity contribution in [2.45, 2.75) is 45.1 Å². The molecule has 3 aromatic rings. The number of amides is 1. The molecule has 1 aliphatic heterocycles. The third-order valence-electron chi connectivity index (χ3n) is 6.41. The summed E-state index contributed by atoms with van der Waals surface area (Å²) in [7, 11) is 0. The van der Waals surface area contributed by atoms with Gasteiger partial charge in [-0.1, -0.05) is 48.9 Å². The number of nitrogens with one attached hydrogen (secondary N) is 1. The van der Waals surface area contributed by atoms with E-state index in [4.69, 9.17) is 4.74 Å². The van der Waals surface area contributed by atoms with Crippen LogP contribution in [0.15, 0.2) is 66.7 Å². The van der Waals surface area contributed by atoms with Gasteiger partial charge < -0.3 is 15.0 Å². The van der Waals surface area contributed by atoms with Gasteiger partial charge in [-0.2, -0.15) is 0 Å². The Bertz CT molecular complexity index is 1020. The maximum absolute atomic E-state index is 12.5. The van der Waals surface area contributed by atoms with Gasteiger partial charge in [0.1, 0.15) is 5.75 Å². The number of ether oxygens (including phenoxy) is 1. The topological polar surface area (TPSA) is 41.6 Å². The van der Waals surface area contributed by atoms with E-state index in [0.717, 1.165) is 42.5 Å². The molecule has 0 radical (unpaired) electrons. The van der Waals surface area contributed by atoms with Crippen molar-refractivity contribution >= 4 is 16.7 Å². The normalized spacial score (nSPS) is 16.7. The van der Waals surface area contributed by atoms with E-state index in [1.165, 1.54) is 31.4 Å². The smallest absolute Gasteiger partial charge is 0.251 e. The average Bonchev–Trinajstić information content (AvgIpc) is 2.83. The molecule has 3 aromatic carbocycles. The molecule has 0 spiro atoms. The first-order valence-corrected chi connectivity index (χ1v) is 11.9. The van der Waals surface area contributed by atoms with Crippen molar-refractivity contribution in [1.82, 2.24) is 10.2 Å². The monoisotopic (exact) mass is 430 g/mol. The molecular weight excluding hydrogens is 396 g/mol. The van der Waals surface area contributed by atoms with Gasteiger partial charge in [0.05, 0.1) is 6.61 Å². The highest BCUT2D eigenvalue weighted by Crippen LogP contribution is 2.23. The van der Waals surface area contributed by atoms with E-state index in [-0.39, 0.29) is 5.91 Å². The van der Waals surface area contributed by atoms with Crippen LogP contribution < -0.4 is 10.1 Å². The zero-order valence-electron chi connectivity index (χ0n) is 19.1. The van der Waals surface area contributed by atoms with E-state index >= 15 is 0 Å². The molecule has 1 amide bonds. The van der Waals surface area contributed by atoms with Crippen LogP contribution in [0.25, 0.3) is 10.8 Å². The van der Waals surface area contributed by atoms with Crippen LogP contribution in [0.5, 0.6) is 5.75 Å². The summed E-state index contributed by atoms with van der Waals surface area (Å²) in [6.07, 6.45) is 5.88. The van der Waals surface area contributed by atoms with E-state index in [2.05, 4.69) is 35.3 Å². The lowest BCUT2D eigenvalue weighted by atomic mass is 10.0. The summed E-state index contributed by atoms with van der Waals surface area (Å²) in [6, 6.07) is 22.9. The summed E-state index contributed by atoms with van der Waals surface area (Å²) in [5.74, 6) is 0.861. The third-order valence-corrected chi connectivity index (χ3v) is 6.41. The molecule has 32 heavy (non-hydrogen) atoms. The number of nitrogens with zero attached hydrogens (tertiary/aromatic N) is 1. The number of fused-ring (bicyclic) bond motifs is 1. The van der Waals surface area contributed by atoms with E-state index in [1.54, 1.807) is 0 Å². The number of benzene rings is 3. The fourth-order valence-electron chi connectivity index (χ4n) is 4.47. The maximum atomic E-state index is 12.5. The van der Waals surface area contributed by atoms with Crippen molar-refractivity contribution in [2.24, 2.45) is 0 Å². The van der Waals surface area contributed by atoms with Gasteiger partial charge in [0.15, 0.2) is 0 Å². The second-order valence-electron chi connectivity index (χ2n) is 8.80. The molecule has 4 rings (SSSR count). The number of hydrogen-bond donors (Lipinski definition) is 1. The van der Waals surface area contributed by atoms with Crippen LogP contribution in [0.1, 0.15) is 48.5 Å². The average molecular weight is 431 g/mol. The van der Waals surface area contributed by atoms with Gasteiger partial charge in [0.25, 0.3) is 5.91 Å². The molecule has 0 saturated carbocycles. The largest absolute Gasteiger partial charge is 0.494 e. The summed E-state index contributed by atoms with van der Waals surface area (Å²) < 4.78 is 6.01. The maximum Gasteiger partial charge on any atom is 0.251 e. The van der Waals surface area contributed by atoms with Crippen LogP contribution in [0.4, 0.5) is 0 Å². The number of piperidine rings is 1. The number of carbonyl (C=O) groups is 1. The van der Waals surface area contributed by atoms with Gasteiger partial charge in [0, 0.05) is 24.7 Å². The highest BCUT2D eigenvalue weighted by Gasteiger charge is 2.17. The molecule has 168 valence electrons. The molecule has 1 N–H and O–H groups in total. The minimum atomic E-state index is -0.0323. The number of hydrogen-bond acceptors (Lipinski definition) is 3. The Morgan fingerprint density at radius 2 is 1.84 bits per heavy atom. The van der Waals surface area contributed by atoms with Gasteiger partial charge in [-0.15, -0.1) is 0 Å². The Hall–Kier alpha value is -2.85. The molecule has 4 heteroatoms. The second kappa shape index (κ2) is 11.1. The Balaban J connectivity index is 1.26. The molecule has 1 saturated heterocycles. The Kier molecular flexibility index (Phi) is 7.78. The first-order valence-electron chi connectivity index (χ1n) is 11.9. The zero-order chi connectivity index (χ0) is 22.2. The quantitative estimate of drug-likeness (QED) is 0.459. The predicted molar refractivity (Wildman–Crippen MR) is 131 cm³/mol. The Labute approximate surface area is 191 Å². The minimum absolute atomic E-state index is 0.0323. The Morgan fingerprint density at radius 3 is 2.69 bits per heavy atom. The molecule has 1 fully saturated rings. The zero-order valence-corrected chi connectivity index (χ0v) is 19.1. The fourth-order valence-corrected chi connectivity index (χ4v) is 4.47. The standard InChI is InChI=1S/C28H34N2O2/c1-22-8-5-6-17-30(22)18-7-19-32-27-14-13-24-20-26(12-11-25(24)21-27)28(31)29-16-15-23-9-3-2-4-10-23/h2-4,9-14,20-22H,5-8,15-19H2,1H3,(H,29,31). The summed E-state index contributed by atoms with van der Waals surface area (Å²) in [5, 5.41) is 5.16. The molecule has 1 heterocycles. The van der Waals surface area contributed by atoms with Crippen LogP contribution in [0.3, 0.4) is 0 Å². The molecule has 0 aliphatic carbocycles. The van der Waals surface area contributed by atoms with Gasteiger partial charge in [-0.25, -0.2) is 0 Å². The summed E-state index contributed by atoms with van der Waals surface area (Å²) in [5.41, 5.74) is 1.92. The molecule has 1 aliphatic rings. The van der Waals surface area contributed by atoms with Crippen LogP contribution in [0.2, 0.25) is 0 Å². The number of rotatable bonds is 9. The van der Waals surface area contributed by atoms with E-state index in [0.29, 0.717) is 18.2 Å². The van der Waals surface area contributed by atoms with Gasteiger partial charge in [-0.05, 0) is 79.8 Å². The van der Waals surface area contributed by atoms with Crippen molar-refractivity contribution in [2.75, 3.05) is 26.2 Å². The molecule has 0 bridgehead atoms. The van der Waals surface area contributed by atoms with Crippen LogP contribution in [0, 0.1) is 0 Å². The molecule has 1 atom stereocenters. The lowest BCUT2D eigenvalue weighted by molar-refractivity contribution is 0.0954. The highest BCUT2D eigenvalue weighted by molar-refractivity contribution is 5.98. The van der Waals surface area contributed by atoms with Crippen LogP contribution in [-0.2, 0) is 6.42 Å². The van der Waals surface area contributed by atoms with Crippen molar-refractivity contribution < 1.29 is 9.53 Å². The van der Waals surface area contributed by atoms with Gasteiger partial charge in [-0.3, -0.25) is 4.79 Å². The minimum Gasteiger partial charge on any atom is -0.494 e. The fraction of sp³-hybridized carbons (Fsp3) is 0.393. The molecular formula is C28H34N2O2. The SMILES string of the molecule is CC1CCCCN1CCCOc1ccc2cc(C(=O)NCCc3ccccc3)ccc2c1. The van der Waals surface area contributed by atoms with Gasteiger partial charge in [0.2, 0.25) is 0 Å². The summed E-state index contributed by atoms with van der Waals surface area (Å²) in [4.78, 5) is 15.1. The second-order valence-corrected chi connectivity index (χ2v) is 8.80. The van der Waals surface area contributed by atoms with Crippen LogP contribution in [-0.4, -0.2) is 43.1 Å². The van der Waals surface area contributed by atoms with Crippen molar-refractivity contribution in [3.8, 4) is 5.75 Å². The van der Waals surface area contributed by atoms with Crippen molar-refractivity contribution in [3.63, 3.8) is 0 Å². The van der Waals surface area contributed by atoms with E-state index in [9.17, 15) is 4.79 Å². The first kappa shape index (κ1) is 22.3. The molecule has 0 aromatic heterocycles. The van der Waals surface area contributed by atoms with Crippen molar-refractivity contribution in [3.05, 3.63) is 77.9 Å². The lowest BCUT2D eigenvalue weighted by Crippen LogP contribution is -2.38. The third kappa shape index (κ3) is 6.10. The Morgan fingerprint density at radius 1 is 1.03 bits per heavy atom.